The van der Waals surface area contributed by atoms with Crippen molar-refractivity contribution < 1.29 is 19.7 Å². The summed E-state index contributed by atoms with van der Waals surface area (Å²) < 4.78 is 5.37. The second kappa shape index (κ2) is 14.2. The van der Waals surface area contributed by atoms with Gasteiger partial charge in [-0.2, -0.15) is 0 Å². The van der Waals surface area contributed by atoms with Crippen LogP contribution < -0.4 is 4.74 Å². The number of aliphatic hydroxyl groups excluding tert-OH is 1. The van der Waals surface area contributed by atoms with E-state index in [2.05, 4.69) is 21.7 Å². The maximum Gasteiger partial charge on any atom is 0.328 e. The number of benzene rings is 1. The molecule has 192 valence electrons. The number of methoxy groups -OCH3 is 1. The summed E-state index contributed by atoms with van der Waals surface area (Å²) >= 11 is 0. The number of carboxylic acids is 1. The van der Waals surface area contributed by atoms with Crippen molar-refractivity contribution in [2.45, 2.75) is 64.0 Å². The van der Waals surface area contributed by atoms with E-state index < -0.39 is 12.1 Å². The molecular formula is C28H41N3O4. The molecule has 0 radical (unpaired) electrons. The smallest absolute Gasteiger partial charge is 0.328 e. The standard InChI is InChI=1S/C28H41N3O4/c1-3-4-5-6-7-16-31(17-8-9-28(33)34)22-13-18-30(19-14-22)21-27(32)24-12-15-29-26-11-10-23(35-2)20-25(24)26/h8-12,15,20,22,27,32H,3-7,13-14,16-19,21H2,1-2H3,(H,33,34)/t27-/m0/s1. The number of carbonyl (C=O) groups is 1. The number of aromatic nitrogens is 1. The number of β-amino-alcohol motifs (C(OH)–C–C–N with tert-alkyl or cyclic N) is 1. The summed E-state index contributed by atoms with van der Waals surface area (Å²) in [4.78, 5) is 20.1. The van der Waals surface area contributed by atoms with Crippen LogP contribution in [0.2, 0.25) is 0 Å². The fraction of sp³-hybridized carbons (Fsp3) is 0.571. The Hall–Kier alpha value is -2.48. The summed E-state index contributed by atoms with van der Waals surface area (Å²) in [6, 6.07) is 8.09. The summed E-state index contributed by atoms with van der Waals surface area (Å²) in [6.07, 6.45) is 12.4. The van der Waals surface area contributed by atoms with Crippen LogP contribution in [0, 0.1) is 0 Å². The predicted molar refractivity (Wildman–Crippen MR) is 140 cm³/mol. The van der Waals surface area contributed by atoms with Gasteiger partial charge in [-0.15, -0.1) is 0 Å². The van der Waals surface area contributed by atoms with Gasteiger partial charge < -0.3 is 19.8 Å². The largest absolute Gasteiger partial charge is 0.497 e. The van der Waals surface area contributed by atoms with Crippen LogP contribution in [-0.4, -0.2) is 76.8 Å². The Morgan fingerprint density at radius 2 is 2.00 bits per heavy atom. The average Bonchev–Trinajstić information content (AvgIpc) is 2.87. The van der Waals surface area contributed by atoms with Crippen LogP contribution in [-0.2, 0) is 4.79 Å². The fourth-order valence-electron chi connectivity index (χ4n) is 5.00. The van der Waals surface area contributed by atoms with Gasteiger partial charge in [0, 0.05) is 36.8 Å². The molecule has 2 N–H and O–H groups in total. The Balaban J connectivity index is 1.56. The zero-order chi connectivity index (χ0) is 25.0. The Morgan fingerprint density at radius 3 is 2.71 bits per heavy atom. The average molecular weight is 484 g/mol. The number of aliphatic hydroxyl groups is 1. The Bertz CT molecular complexity index is 956. The van der Waals surface area contributed by atoms with Gasteiger partial charge in [-0.25, -0.2) is 4.79 Å². The Kier molecular flexibility index (Phi) is 11.0. The molecule has 0 bridgehead atoms. The minimum Gasteiger partial charge on any atom is -0.497 e. The molecule has 0 aliphatic carbocycles. The quantitative estimate of drug-likeness (QED) is 0.299. The normalized spacial score (nSPS) is 16.3. The number of fused-ring (bicyclic) bond motifs is 1. The zero-order valence-corrected chi connectivity index (χ0v) is 21.2. The first-order chi connectivity index (χ1) is 17.0. The lowest BCUT2D eigenvalue weighted by atomic mass is 9.99. The molecule has 35 heavy (non-hydrogen) atoms. The van der Waals surface area contributed by atoms with Crippen LogP contribution in [0.15, 0.2) is 42.6 Å². The third-order valence-corrected chi connectivity index (χ3v) is 7.00. The second-order valence-electron chi connectivity index (χ2n) is 9.48. The van der Waals surface area contributed by atoms with Gasteiger partial charge in [0.25, 0.3) is 0 Å². The molecule has 7 heteroatoms. The van der Waals surface area contributed by atoms with Gasteiger partial charge in [-0.1, -0.05) is 38.7 Å². The summed E-state index contributed by atoms with van der Waals surface area (Å²) in [5, 5.41) is 21.0. The highest BCUT2D eigenvalue weighted by Gasteiger charge is 2.26. The molecule has 2 heterocycles. The summed E-state index contributed by atoms with van der Waals surface area (Å²) in [5.74, 6) is -0.135. The first kappa shape index (κ1) is 27.1. The fourth-order valence-corrected chi connectivity index (χ4v) is 5.00. The van der Waals surface area contributed by atoms with Crippen LogP contribution in [0.5, 0.6) is 5.75 Å². The van der Waals surface area contributed by atoms with E-state index in [4.69, 9.17) is 9.84 Å². The summed E-state index contributed by atoms with van der Waals surface area (Å²) in [6.45, 7) is 6.33. The van der Waals surface area contributed by atoms with Crippen molar-refractivity contribution in [2.24, 2.45) is 0 Å². The molecule has 1 atom stereocenters. The van der Waals surface area contributed by atoms with Crippen molar-refractivity contribution in [3.63, 3.8) is 0 Å². The number of nitrogens with zero attached hydrogens (tertiary/aromatic N) is 3. The molecule has 1 aromatic heterocycles. The van der Waals surface area contributed by atoms with E-state index in [-0.39, 0.29) is 0 Å². The number of hydrogen-bond donors (Lipinski definition) is 2. The molecule has 0 amide bonds. The molecule has 0 spiro atoms. The van der Waals surface area contributed by atoms with Crippen molar-refractivity contribution >= 4 is 16.9 Å². The molecule has 1 fully saturated rings. The van der Waals surface area contributed by atoms with Crippen LogP contribution in [0.25, 0.3) is 10.9 Å². The van der Waals surface area contributed by atoms with Crippen molar-refractivity contribution in [2.75, 3.05) is 39.8 Å². The molecular weight excluding hydrogens is 442 g/mol. The molecule has 1 aromatic carbocycles. The first-order valence-electron chi connectivity index (χ1n) is 13.0. The second-order valence-corrected chi connectivity index (χ2v) is 9.48. The van der Waals surface area contributed by atoms with Crippen LogP contribution >= 0.6 is 0 Å². The molecule has 0 unspecified atom stereocenters. The van der Waals surface area contributed by atoms with E-state index in [1.165, 1.54) is 31.8 Å². The Morgan fingerprint density at radius 1 is 1.23 bits per heavy atom. The van der Waals surface area contributed by atoms with E-state index >= 15 is 0 Å². The van der Waals surface area contributed by atoms with Gasteiger partial charge in [0.2, 0.25) is 0 Å². The van der Waals surface area contributed by atoms with E-state index in [9.17, 15) is 9.90 Å². The molecule has 7 nitrogen and oxygen atoms in total. The van der Waals surface area contributed by atoms with Crippen LogP contribution in [0.3, 0.4) is 0 Å². The molecule has 0 saturated carbocycles. The topological polar surface area (TPSA) is 86.1 Å². The molecule has 1 aliphatic heterocycles. The van der Waals surface area contributed by atoms with E-state index in [1.54, 1.807) is 19.4 Å². The van der Waals surface area contributed by atoms with Gasteiger partial charge >= 0.3 is 5.97 Å². The highest BCUT2D eigenvalue weighted by Crippen LogP contribution is 2.28. The van der Waals surface area contributed by atoms with E-state index in [1.807, 2.05) is 24.3 Å². The molecule has 2 aromatic rings. The summed E-state index contributed by atoms with van der Waals surface area (Å²) in [7, 11) is 1.64. The van der Waals surface area contributed by atoms with Gasteiger partial charge in [0.1, 0.15) is 5.75 Å². The van der Waals surface area contributed by atoms with Crippen molar-refractivity contribution in [1.29, 1.82) is 0 Å². The lowest BCUT2D eigenvalue weighted by molar-refractivity contribution is -0.131. The Labute approximate surface area is 209 Å². The third-order valence-electron chi connectivity index (χ3n) is 7.00. The van der Waals surface area contributed by atoms with Gasteiger partial charge in [-0.05, 0) is 68.7 Å². The third kappa shape index (κ3) is 8.30. The number of likely N-dealkylation sites (tertiary alicyclic amines) is 1. The zero-order valence-electron chi connectivity index (χ0n) is 21.2. The monoisotopic (exact) mass is 483 g/mol. The van der Waals surface area contributed by atoms with Crippen LogP contribution in [0.4, 0.5) is 0 Å². The maximum absolute atomic E-state index is 11.1. The number of carboxylic acid groups (broad SMARTS) is 1. The molecule has 3 rings (SSSR count). The highest BCUT2D eigenvalue weighted by atomic mass is 16.5. The lowest BCUT2D eigenvalue weighted by Gasteiger charge is -2.39. The lowest BCUT2D eigenvalue weighted by Crippen LogP contribution is -2.46. The predicted octanol–water partition coefficient (Wildman–Crippen LogP) is 4.65. The number of hydrogen-bond acceptors (Lipinski definition) is 6. The molecule has 1 saturated heterocycles. The number of aliphatic carboxylic acids is 1. The number of rotatable bonds is 14. The van der Waals surface area contributed by atoms with Crippen LogP contribution in [0.1, 0.15) is 63.5 Å². The van der Waals surface area contributed by atoms with Crippen molar-refractivity contribution in [3.05, 3.63) is 48.2 Å². The van der Waals surface area contributed by atoms with E-state index in [0.29, 0.717) is 19.1 Å². The number of ether oxygens (including phenoxy) is 1. The highest BCUT2D eigenvalue weighted by molar-refractivity contribution is 5.83. The van der Waals surface area contributed by atoms with Gasteiger partial charge in [0.15, 0.2) is 0 Å². The van der Waals surface area contributed by atoms with Gasteiger partial charge in [0.05, 0.1) is 18.7 Å². The summed E-state index contributed by atoms with van der Waals surface area (Å²) in [5.41, 5.74) is 1.73. The minimum atomic E-state index is -0.891. The van der Waals surface area contributed by atoms with Crippen molar-refractivity contribution in [1.82, 2.24) is 14.8 Å². The SMILES string of the molecule is CCCCCCCN(CC=CC(=O)O)C1CCN(C[C@H](O)c2ccnc3ccc(OC)cc23)CC1. The molecule has 1 aliphatic rings. The number of pyridine rings is 1. The van der Waals surface area contributed by atoms with Gasteiger partial charge in [-0.3, -0.25) is 9.88 Å². The van der Waals surface area contributed by atoms with Crippen molar-refractivity contribution in [3.8, 4) is 5.75 Å². The minimum absolute atomic E-state index is 0.444. The van der Waals surface area contributed by atoms with E-state index in [0.717, 1.165) is 61.1 Å². The number of piperidine rings is 1. The maximum atomic E-state index is 11.1. The number of unbranched alkanes of at least 4 members (excludes halogenated alkanes) is 4. The first-order valence-corrected chi connectivity index (χ1v) is 13.0.